The van der Waals surface area contributed by atoms with Gasteiger partial charge in [-0.1, -0.05) is 20.8 Å². The zero-order valence-electron chi connectivity index (χ0n) is 19.2. The van der Waals surface area contributed by atoms with Crippen molar-refractivity contribution in [2.24, 2.45) is 17.3 Å². The lowest BCUT2D eigenvalue weighted by atomic mass is 9.46. The summed E-state index contributed by atoms with van der Waals surface area (Å²) < 4.78 is 25.2. The van der Waals surface area contributed by atoms with Gasteiger partial charge in [-0.05, 0) is 57.4 Å². The summed E-state index contributed by atoms with van der Waals surface area (Å²) in [4.78, 5) is 12.3. The molecule has 0 aromatic heterocycles. The van der Waals surface area contributed by atoms with Crippen LogP contribution in [0.15, 0.2) is 11.1 Å². The van der Waals surface area contributed by atoms with Crippen LogP contribution < -0.4 is 0 Å². The van der Waals surface area contributed by atoms with Gasteiger partial charge in [0.2, 0.25) is 0 Å². The van der Waals surface area contributed by atoms with E-state index in [9.17, 15) is 9.90 Å². The van der Waals surface area contributed by atoms with Gasteiger partial charge in [-0.15, -0.1) is 11.6 Å². The van der Waals surface area contributed by atoms with Gasteiger partial charge >= 0.3 is 5.97 Å². The van der Waals surface area contributed by atoms with Gasteiger partial charge in [0.25, 0.3) is 0 Å². The van der Waals surface area contributed by atoms with E-state index >= 15 is 0 Å². The molecule has 0 aromatic carbocycles. The fourth-order valence-corrected chi connectivity index (χ4v) is 8.34. The van der Waals surface area contributed by atoms with Crippen LogP contribution in [0.1, 0.15) is 60.8 Å². The molecular weight excluding hydrogens is 420 g/mol. The molecule has 2 saturated carbocycles. The highest BCUT2D eigenvalue weighted by molar-refractivity contribution is 6.22. The molecule has 172 valence electrons. The first-order valence-electron chi connectivity index (χ1n) is 11.6. The molecule has 6 aliphatic rings. The number of fused-ring (bicyclic) bond motifs is 2. The molecule has 0 radical (unpaired) electrons. The lowest BCUT2D eigenvalue weighted by molar-refractivity contribution is -0.229. The second kappa shape index (κ2) is 5.69. The number of esters is 1. The highest BCUT2D eigenvalue weighted by atomic mass is 35.5. The predicted octanol–water partition coefficient (Wildman–Crippen LogP) is 3.13. The summed E-state index contributed by atoms with van der Waals surface area (Å²) in [6, 6.07) is 0. The molecule has 9 atom stereocenters. The third-order valence-electron chi connectivity index (χ3n) is 9.28. The number of carbonyl (C=O) groups excluding carboxylic acids is 1. The number of alkyl halides is 1. The largest absolute Gasteiger partial charge is 0.458 e. The summed E-state index contributed by atoms with van der Waals surface area (Å²) >= 11 is 7.06. The number of rotatable bonds is 2. The Morgan fingerprint density at radius 1 is 1.26 bits per heavy atom. The molecule has 2 saturated heterocycles. The lowest BCUT2D eigenvalue weighted by Gasteiger charge is -2.58. The van der Waals surface area contributed by atoms with Gasteiger partial charge in [0, 0.05) is 11.0 Å². The first-order chi connectivity index (χ1) is 14.3. The maximum Gasteiger partial charge on any atom is 0.334 e. The average molecular weight is 453 g/mol. The number of carbonyl (C=O) groups is 1. The molecule has 3 aliphatic heterocycles. The number of aliphatic hydroxyl groups is 1. The Balaban J connectivity index is 1.50. The van der Waals surface area contributed by atoms with Gasteiger partial charge < -0.3 is 24.1 Å². The maximum atomic E-state index is 12.3. The smallest absolute Gasteiger partial charge is 0.334 e. The Bertz CT molecular complexity index is 908. The Morgan fingerprint density at radius 3 is 2.61 bits per heavy atom. The van der Waals surface area contributed by atoms with Crippen LogP contribution in [0.3, 0.4) is 0 Å². The standard InChI is InChI=1S/C24H33ClO6/c1-11(2)22(27)16(25)17-24(30-17)21(6)8-7-12-13(10-28-18(12)26)14(21)9-15-23(24,29-15)19(22)31-20(3,4)5/h11,14-17,19,27H,7-10H2,1-6H3/t14-,15-,16+,17-,19+,21-,22-,23+,24+/m0/s1. The normalized spacial score (nSPS) is 54.5. The van der Waals surface area contributed by atoms with Crippen molar-refractivity contribution in [1.82, 2.24) is 0 Å². The van der Waals surface area contributed by atoms with Crippen LogP contribution in [-0.4, -0.2) is 63.8 Å². The molecule has 31 heavy (non-hydrogen) atoms. The third-order valence-corrected chi connectivity index (χ3v) is 9.86. The molecule has 4 fully saturated rings. The van der Waals surface area contributed by atoms with Crippen LogP contribution in [0.25, 0.3) is 0 Å². The molecule has 6 nitrogen and oxygen atoms in total. The van der Waals surface area contributed by atoms with Crippen molar-refractivity contribution in [3.8, 4) is 0 Å². The van der Waals surface area contributed by atoms with Crippen molar-refractivity contribution in [3.05, 3.63) is 11.1 Å². The number of ether oxygens (including phenoxy) is 4. The lowest BCUT2D eigenvalue weighted by Crippen LogP contribution is -2.76. The van der Waals surface area contributed by atoms with E-state index in [1.165, 1.54) is 0 Å². The van der Waals surface area contributed by atoms with E-state index in [0.29, 0.717) is 13.0 Å². The molecule has 2 spiro atoms. The number of hydrogen-bond acceptors (Lipinski definition) is 6. The van der Waals surface area contributed by atoms with Crippen molar-refractivity contribution in [3.63, 3.8) is 0 Å². The zero-order chi connectivity index (χ0) is 22.4. The van der Waals surface area contributed by atoms with Crippen LogP contribution >= 0.6 is 11.6 Å². The van der Waals surface area contributed by atoms with E-state index in [0.717, 1.165) is 24.0 Å². The van der Waals surface area contributed by atoms with Crippen LogP contribution in [0.4, 0.5) is 0 Å². The highest BCUT2D eigenvalue weighted by Gasteiger charge is 2.97. The van der Waals surface area contributed by atoms with Gasteiger partial charge in [-0.25, -0.2) is 4.79 Å². The van der Waals surface area contributed by atoms with Crippen molar-refractivity contribution < 1.29 is 28.8 Å². The van der Waals surface area contributed by atoms with Crippen molar-refractivity contribution in [2.45, 2.75) is 107 Å². The Kier molecular flexibility index (Phi) is 3.84. The summed E-state index contributed by atoms with van der Waals surface area (Å²) in [5.41, 5.74) is -1.39. The third kappa shape index (κ3) is 2.14. The molecular formula is C24H33ClO6. The van der Waals surface area contributed by atoms with E-state index in [1.807, 2.05) is 34.6 Å². The van der Waals surface area contributed by atoms with Gasteiger partial charge in [-0.3, -0.25) is 0 Å². The summed E-state index contributed by atoms with van der Waals surface area (Å²) in [5, 5.41) is 11.4. The summed E-state index contributed by atoms with van der Waals surface area (Å²) in [7, 11) is 0. The minimum atomic E-state index is -1.27. The highest BCUT2D eigenvalue weighted by Crippen LogP contribution is 2.80. The van der Waals surface area contributed by atoms with Crippen molar-refractivity contribution in [2.75, 3.05) is 6.61 Å². The average Bonchev–Trinajstić information content (AvgIpc) is 3.55. The molecule has 1 N–H and O–H groups in total. The fraction of sp³-hybridized carbons (Fsp3) is 0.875. The van der Waals surface area contributed by atoms with Gasteiger partial charge in [-0.2, -0.15) is 0 Å². The number of cyclic esters (lactones) is 1. The van der Waals surface area contributed by atoms with Gasteiger partial charge in [0.1, 0.15) is 30.0 Å². The van der Waals surface area contributed by atoms with Crippen LogP contribution in [0.5, 0.6) is 0 Å². The SMILES string of the molecule is CC(C)[C@]1(O)[C@H](Cl)[C@@H]2O[C@]23[C@]2(O[C@H]2C[C@H]2C4=C(CC[C@@]23C)C(=O)OC4)[C@@H]1OC(C)(C)C. The molecule has 3 aliphatic carbocycles. The monoisotopic (exact) mass is 452 g/mol. The van der Waals surface area contributed by atoms with Crippen LogP contribution in [-0.2, 0) is 23.7 Å². The van der Waals surface area contributed by atoms with Crippen LogP contribution in [0.2, 0.25) is 0 Å². The Hall–Kier alpha value is -0.660. The predicted molar refractivity (Wildman–Crippen MR) is 113 cm³/mol. The maximum absolute atomic E-state index is 12.3. The number of halogens is 1. The van der Waals surface area contributed by atoms with E-state index in [-0.39, 0.29) is 35.4 Å². The van der Waals surface area contributed by atoms with E-state index in [4.69, 9.17) is 30.5 Å². The molecule has 6 rings (SSSR count). The second-order valence-electron chi connectivity index (χ2n) is 12.0. The Morgan fingerprint density at radius 2 is 1.97 bits per heavy atom. The van der Waals surface area contributed by atoms with Gasteiger partial charge in [0.15, 0.2) is 5.60 Å². The summed E-state index contributed by atoms with van der Waals surface area (Å²) in [6.45, 7) is 12.6. The molecule has 7 heteroatoms. The molecule has 3 heterocycles. The van der Waals surface area contributed by atoms with Crippen molar-refractivity contribution >= 4 is 17.6 Å². The molecule has 0 aromatic rings. The van der Waals surface area contributed by atoms with E-state index in [2.05, 4.69) is 6.92 Å². The molecule has 0 bridgehead atoms. The summed E-state index contributed by atoms with van der Waals surface area (Å²) in [5.74, 6) is -0.146. The molecule has 0 unspecified atom stereocenters. The zero-order valence-corrected chi connectivity index (χ0v) is 19.9. The number of hydrogen-bond donors (Lipinski definition) is 1. The first-order valence-corrected chi connectivity index (χ1v) is 12.1. The summed E-state index contributed by atoms with van der Waals surface area (Å²) in [6.07, 6.45) is 1.28. The minimum absolute atomic E-state index is 0.0973. The second-order valence-corrected chi connectivity index (χ2v) is 12.5. The topological polar surface area (TPSA) is 80.8 Å². The molecule has 0 amide bonds. The van der Waals surface area contributed by atoms with E-state index < -0.39 is 33.9 Å². The van der Waals surface area contributed by atoms with Crippen LogP contribution in [0, 0.1) is 17.3 Å². The first kappa shape index (κ1) is 20.9. The van der Waals surface area contributed by atoms with Crippen molar-refractivity contribution in [1.29, 1.82) is 0 Å². The quantitative estimate of drug-likeness (QED) is 0.394. The fourth-order valence-electron chi connectivity index (χ4n) is 7.74. The number of epoxide rings is 2. The Labute approximate surface area is 188 Å². The van der Waals surface area contributed by atoms with Gasteiger partial charge in [0.05, 0.1) is 17.1 Å². The van der Waals surface area contributed by atoms with E-state index in [1.54, 1.807) is 0 Å². The minimum Gasteiger partial charge on any atom is -0.458 e.